The Morgan fingerprint density at radius 3 is 2.82 bits per heavy atom. The molecule has 2 amide bonds. The molecule has 2 fully saturated rings. The third-order valence-electron chi connectivity index (χ3n) is 3.58. The van der Waals surface area contributed by atoms with Crippen molar-refractivity contribution >= 4 is 11.8 Å². The lowest BCUT2D eigenvalue weighted by Gasteiger charge is -2.29. The van der Waals surface area contributed by atoms with Gasteiger partial charge in [0, 0.05) is 26.1 Å². The summed E-state index contributed by atoms with van der Waals surface area (Å²) in [5, 5.41) is 6.14. The Kier molecular flexibility index (Phi) is 3.99. The SMILES string of the molecule is CN(CC1CCCCN1)C(=O)[C@@H]1CCC(=O)N1. The maximum absolute atomic E-state index is 12.0. The zero-order chi connectivity index (χ0) is 12.3. The lowest BCUT2D eigenvalue weighted by atomic mass is 10.0. The molecule has 2 rings (SSSR count). The van der Waals surface area contributed by atoms with E-state index in [1.54, 1.807) is 4.90 Å². The average molecular weight is 239 g/mol. The maximum Gasteiger partial charge on any atom is 0.244 e. The van der Waals surface area contributed by atoms with E-state index in [-0.39, 0.29) is 17.9 Å². The van der Waals surface area contributed by atoms with E-state index in [1.807, 2.05) is 7.05 Å². The number of carbonyl (C=O) groups is 2. The second kappa shape index (κ2) is 5.49. The number of hydrogen-bond acceptors (Lipinski definition) is 3. The van der Waals surface area contributed by atoms with Crippen molar-refractivity contribution in [2.24, 2.45) is 0 Å². The van der Waals surface area contributed by atoms with Crippen LogP contribution < -0.4 is 10.6 Å². The summed E-state index contributed by atoms with van der Waals surface area (Å²) in [6.45, 7) is 1.79. The van der Waals surface area contributed by atoms with Gasteiger partial charge in [-0.15, -0.1) is 0 Å². The topological polar surface area (TPSA) is 61.4 Å². The predicted molar refractivity (Wildman–Crippen MR) is 64.4 cm³/mol. The molecule has 0 aromatic rings. The molecule has 2 aliphatic heterocycles. The fourth-order valence-electron chi connectivity index (χ4n) is 2.57. The average Bonchev–Trinajstić information content (AvgIpc) is 2.76. The van der Waals surface area contributed by atoms with Gasteiger partial charge in [-0.3, -0.25) is 9.59 Å². The van der Waals surface area contributed by atoms with Crippen LogP contribution in [0.3, 0.4) is 0 Å². The van der Waals surface area contributed by atoms with E-state index >= 15 is 0 Å². The van der Waals surface area contributed by atoms with Crippen LogP contribution in [-0.2, 0) is 9.59 Å². The van der Waals surface area contributed by atoms with E-state index in [0.29, 0.717) is 18.9 Å². The minimum atomic E-state index is -0.295. The standard InChI is InChI=1S/C12H21N3O2/c1-15(8-9-4-2-3-7-13-9)12(17)10-5-6-11(16)14-10/h9-10,13H,2-8H2,1H3,(H,14,16)/t9?,10-/m0/s1. The summed E-state index contributed by atoms with van der Waals surface area (Å²) in [7, 11) is 1.82. The predicted octanol–water partition coefficient (Wildman–Crippen LogP) is -0.134. The largest absolute Gasteiger partial charge is 0.344 e. The number of nitrogens with one attached hydrogen (secondary N) is 2. The fraction of sp³-hybridized carbons (Fsp3) is 0.833. The second-order valence-corrected chi connectivity index (χ2v) is 5.02. The smallest absolute Gasteiger partial charge is 0.244 e. The van der Waals surface area contributed by atoms with Crippen LogP contribution in [0, 0.1) is 0 Å². The molecular formula is C12H21N3O2. The zero-order valence-corrected chi connectivity index (χ0v) is 10.4. The highest BCUT2D eigenvalue weighted by Crippen LogP contribution is 2.12. The Hall–Kier alpha value is -1.10. The Morgan fingerprint density at radius 1 is 1.41 bits per heavy atom. The third-order valence-corrected chi connectivity index (χ3v) is 3.58. The summed E-state index contributed by atoms with van der Waals surface area (Å²) in [5.41, 5.74) is 0. The minimum absolute atomic E-state index is 0.00691. The van der Waals surface area contributed by atoms with Crippen molar-refractivity contribution in [1.29, 1.82) is 0 Å². The molecule has 96 valence electrons. The van der Waals surface area contributed by atoms with Gasteiger partial charge in [0.05, 0.1) is 0 Å². The first kappa shape index (κ1) is 12.4. The zero-order valence-electron chi connectivity index (χ0n) is 10.4. The first-order valence-corrected chi connectivity index (χ1v) is 6.44. The summed E-state index contributed by atoms with van der Waals surface area (Å²) < 4.78 is 0. The highest BCUT2D eigenvalue weighted by Gasteiger charge is 2.30. The first-order chi connectivity index (χ1) is 8.16. The Labute approximate surface area is 102 Å². The van der Waals surface area contributed by atoms with Crippen molar-refractivity contribution in [1.82, 2.24) is 15.5 Å². The van der Waals surface area contributed by atoms with Gasteiger partial charge >= 0.3 is 0 Å². The van der Waals surface area contributed by atoms with Gasteiger partial charge in [-0.2, -0.15) is 0 Å². The van der Waals surface area contributed by atoms with Gasteiger partial charge in [0.25, 0.3) is 0 Å². The van der Waals surface area contributed by atoms with Crippen molar-refractivity contribution < 1.29 is 9.59 Å². The van der Waals surface area contributed by atoms with Crippen LogP contribution in [0.25, 0.3) is 0 Å². The second-order valence-electron chi connectivity index (χ2n) is 5.02. The summed E-state index contributed by atoms with van der Waals surface area (Å²) >= 11 is 0. The molecule has 0 radical (unpaired) electrons. The molecule has 0 bridgehead atoms. The monoisotopic (exact) mass is 239 g/mol. The summed E-state index contributed by atoms with van der Waals surface area (Å²) in [4.78, 5) is 24.9. The summed E-state index contributed by atoms with van der Waals surface area (Å²) in [6.07, 6.45) is 4.72. The van der Waals surface area contributed by atoms with Gasteiger partial charge in [-0.1, -0.05) is 6.42 Å². The Balaban J connectivity index is 1.80. The lowest BCUT2D eigenvalue weighted by Crippen LogP contribution is -2.49. The lowest BCUT2D eigenvalue weighted by molar-refractivity contribution is -0.133. The molecule has 2 aliphatic rings. The molecule has 5 nitrogen and oxygen atoms in total. The van der Waals surface area contributed by atoms with Gasteiger partial charge in [0.15, 0.2) is 0 Å². The molecule has 2 saturated heterocycles. The van der Waals surface area contributed by atoms with Crippen LogP contribution in [0.15, 0.2) is 0 Å². The number of piperidine rings is 1. The van der Waals surface area contributed by atoms with E-state index < -0.39 is 0 Å². The Morgan fingerprint density at radius 2 is 2.24 bits per heavy atom. The molecular weight excluding hydrogens is 218 g/mol. The van der Waals surface area contributed by atoms with E-state index in [1.165, 1.54) is 12.8 Å². The quantitative estimate of drug-likeness (QED) is 0.721. The molecule has 2 N–H and O–H groups in total. The minimum Gasteiger partial charge on any atom is -0.344 e. The molecule has 0 spiro atoms. The first-order valence-electron chi connectivity index (χ1n) is 6.44. The van der Waals surface area contributed by atoms with Crippen molar-refractivity contribution in [3.8, 4) is 0 Å². The number of hydrogen-bond donors (Lipinski definition) is 2. The third kappa shape index (κ3) is 3.19. The van der Waals surface area contributed by atoms with Crippen LogP contribution in [-0.4, -0.2) is 48.9 Å². The molecule has 0 aromatic carbocycles. The molecule has 1 unspecified atom stereocenters. The van der Waals surface area contributed by atoms with Gasteiger partial charge in [-0.25, -0.2) is 0 Å². The van der Waals surface area contributed by atoms with Crippen LogP contribution in [0.4, 0.5) is 0 Å². The molecule has 5 heteroatoms. The van der Waals surface area contributed by atoms with Gasteiger partial charge in [0.1, 0.15) is 6.04 Å². The highest BCUT2D eigenvalue weighted by atomic mass is 16.2. The highest BCUT2D eigenvalue weighted by molar-refractivity contribution is 5.90. The fourth-order valence-corrected chi connectivity index (χ4v) is 2.57. The number of nitrogens with zero attached hydrogens (tertiary/aromatic N) is 1. The van der Waals surface area contributed by atoms with E-state index in [2.05, 4.69) is 10.6 Å². The van der Waals surface area contributed by atoms with Gasteiger partial charge in [-0.05, 0) is 25.8 Å². The van der Waals surface area contributed by atoms with Crippen molar-refractivity contribution in [3.63, 3.8) is 0 Å². The van der Waals surface area contributed by atoms with Crippen molar-refractivity contribution in [2.75, 3.05) is 20.1 Å². The normalized spacial score (nSPS) is 28.9. The van der Waals surface area contributed by atoms with Crippen molar-refractivity contribution in [3.05, 3.63) is 0 Å². The van der Waals surface area contributed by atoms with Gasteiger partial charge in [0.2, 0.25) is 11.8 Å². The molecule has 17 heavy (non-hydrogen) atoms. The maximum atomic E-state index is 12.0. The molecule has 2 atom stereocenters. The summed E-state index contributed by atoms with van der Waals surface area (Å²) in [6, 6.07) is 0.117. The van der Waals surface area contributed by atoms with Crippen molar-refractivity contribution in [2.45, 2.75) is 44.2 Å². The number of likely N-dealkylation sites (N-methyl/N-ethyl adjacent to an activating group) is 1. The number of rotatable bonds is 3. The molecule has 2 heterocycles. The summed E-state index contributed by atoms with van der Waals surface area (Å²) in [5.74, 6) is 0.0377. The number of carbonyl (C=O) groups excluding carboxylic acids is 2. The van der Waals surface area contributed by atoms with Crippen LogP contribution >= 0.6 is 0 Å². The Bertz CT molecular complexity index is 300. The van der Waals surface area contributed by atoms with E-state index in [4.69, 9.17) is 0 Å². The van der Waals surface area contributed by atoms with Crippen LogP contribution in [0.1, 0.15) is 32.1 Å². The molecule has 0 aliphatic carbocycles. The van der Waals surface area contributed by atoms with Crippen LogP contribution in [0.2, 0.25) is 0 Å². The van der Waals surface area contributed by atoms with Gasteiger partial charge < -0.3 is 15.5 Å². The number of amides is 2. The van der Waals surface area contributed by atoms with E-state index in [9.17, 15) is 9.59 Å². The molecule has 0 saturated carbocycles. The van der Waals surface area contributed by atoms with E-state index in [0.717, 1.165) is 19.5 Å². The molecule has 0 aromatic heterocycles. The van der Waals surface area contributed by atoms with Crippen LogP contribution in [0.5, 0.6) is 0 Å².